The molecule has 0 saturated carbocycles. The molecule has 1 amide bonds. The van der Waals surface area contributed by atoms with Gasteiger partial charge >= 0.3 is 0 Å². The molecule has 4 heteroatoms. The van der Waals surface area contributed by atoms with E-state index in [4.69, 9.17) is 9.57 Å². The lowest BCUT2D eigenvalue weighted by molar-refractivity contribution is -0.141. The van der Waals surface area contributed by atoms with Gasteiger partial charge in [0.2, 0.25) is 5.91 Å². The molecule has 0 aromatic rings. The SMILES string of the molecule is O=C(NOC1CCOC1)C1C=CCCC1. The first-order valence-corrected chi connectivity index (χ1v) is 5.56. The number of amides is 1. The predicted molar refractivity (Wildman–Crippen MR) is 54.9 cm³/mol. The molecule has 15 heavy (non-hydrogen) atoms. The number of hydrogen-bond donors (Lipinski definition) is 1. The molecule has 0 aromatic heterocycles. The van der Waals surface area contributed by atoms with Crippen molar-refractivity contribution in [1.82, 2.24) is 5.48 Å². The van der Waals surface area contributed by atoms with Gasteiger partial charge in [-0.1, -0.05) is 12.2 Å². The zero-order valence-electron chi connectivity index (χ0n) is 8.78. The summed E-state index contributed by atoms with van der Waals surface area (Å²) in [5.74, 6) is -0.0427. The standard InChI is InChI=1S/C11H17NO3/c13-11(9-4-2-1-3-5-9)12-15-10-6-7-14-8-10/h2,4,9-10H,1,3,5-8H2,(H,12,13). The second-order valence-corrected chi connectivity index (χ2v) is 4.04. The summed E-state index contributed by atoms with van der Waals surface area (Å²) in [7, 11) is 0. The Morgan fingerprint density at radius 1 is 1.47 bits per heavy atom. The molecule has 1 N–H and O–H groups in total. The zero-order chi connectivity index (χ0) is 10.5. The first-order valence-electron chi connectivity index (χ1n) is 5.56. The first-order chi connectivity index (χ1) is 7.36. The van der Waals surface area contributed by atoms with Gasteiger partial charge in [-0.05, 0) is 19.3 Å². The molecule has 84 valence electrons. The van der Waals surface area contributed by atoms with Gasteiger partial charge in [-0.3, -0.25) is 9.63 Å². The Morgan fingerprint density at radius 2 is 2.40 bits per heavy atom. The number of carbonyl (C=O) groups is 1. The minimum absolute atomic E-state index is 0.0129. The molecular formula is C11H17NO3. The molecule has 2 rings (SSSR count). The predicted octanol–water partition coefficient (Wildman–Crippen LogP) is 1.18. The van der Waals surface area contributed by atoms with E-state index < -0.39 is 0 Å². The summed E-state index contributed by atoms with van der Waals surface area (Å²) in [5.41, 5.74) is 2.52. The summed E-state index contributed by atoms with van der Waals surface area (Å²) in [6.07, 6.45) is 8.01. The Kier molecular flexibility index (Phi) is 3.75. The highest BCUT2D eigenvalue weighted by Gasteiger charge is 2.21. The Labute approximate surface area is 89.6 Å². The van der Waals surface area contributed by atoms with Crippen molar-refractivity contribution in [3.63, 3.8) is 0 Å². The maximum absolute atomic E-state index is 11.6. The van der Waals surface area contributed by atoms with Crippen LogP contribution in [-0.4, -0.2) is 25.2 Å². The van der Waals surface area contributed by atoms with Crippen LogP contribution >= 0.6 is 0 Å². The lowest BCUT2D eigenvalue weighted by Gasteiger charge is -2.17. The number of ether oxygens (including phenoxy) is 1. The maximum Gasteiger partial charge on any atom is 0.250 e. The Morgan fingerprint density at radius 3 is 3.07 bits per heavy atom. The van der Waals surface area contributed by atoms with Crippen LogP contribution in [0.4, 0.5) is 0 Å². The van der Waals surface area contributed by atoms with Gasteiger partial charge in [0.1, 0.15) is 6.10 Å². The van der Waals surface area contributed by atoms with Crippen molar-refractivity contribution < 1.29 is 14.4 Å². The third-order valence-electron chi connectivity index (χ3n) is 2.81. The monoisotopic (exact) mass is 211 g/mol. The van der Waals surface area contributed by atoms with Crippen molar-refractivity contribution in [2.45, 2.75) is 31.8 Å². The summed E-state index contributed by atoms with van der Waals surface area (Å²) in [5, 5.41) is 0. The van der Waals surface area contributed by atoms with Crippen LogP contribution in [0.2, 0.25) is 0 Å². The van der Waals surface area contributed by atoms with Gasteiger partial charge in [0.25, 0.3) is 0 Å². The zero-order valence-corrected chi connectivity index (χ0v) is 8.78. The van der Waals surface area contributed by atoms with E-state index in [2.05, 4.69) is 11.6 Å². The van der Waals surface area contributed by atoms with E-state index in [1.807, 2.05) is 6.08 Å². The highest BCUT2D eigenvalue weighted by Crippen LogP contribution is 2.17. The number of rotatable bonds is 3. The van der Waals surface area contributed by atoms with Crippen LogP contribution in [0.5, 0.6) is 0 Å². The highest BCUT2D eigenvalue weighted by atomic mass is 16.7. The van der Waals surface area contributed by atoms with Crippen molar-refractivity contribution in [3.8, 4) is 0 Å². The summed E-state index contributed by atoms with van der Waals surface area (Å²) < 4.78 is 5.14. The second-order valence-electron chi connectivity index (χ2n) is 4.04. The minimum atomic E-state index is -0.0298. The van der Waals surface area contributed by atoms with Crippen LogP contribution in [0.3, 0.4) is 0 Å². The van der Waals surface area contributed by atoms with Crippen molar-refractivity contribution in [1.29, 1.82) is 0 Å². The third kappa shape index (κ3) is 3.04. The number of nitrogens with one attached hydrogen (secondary N) is 1. The molecule has 0 radical (unpaired) electrons. The molecule has 0 aromatic carbocycles. The fourth-order valence-corrected chi connectivity index (χ4v) is 1.85. The van der Waals surface area contributed by atoms with E-state index in [9.17, 15) is 4.79 Å². The molecule has 2 unspecified atom stereocenters. The van der Waals surface area contributed by atoms with Crippen molar-refractivity contribution in [2.75, 3.05) is 13.2 Å². The highest BCUT2D eigenvalue weighted by molar-refractivity contribution is 5.79. The van der Waals surface area contributed by atoms with Gasteiger partial charge < -0.3 is 4.74 Å². The van der Waals surface area contributed by atoms with Crippen LogP contribution in [-0.2, 0) is 14.4 Å². The number of allylic oxidation sites excluding steroid dienone is 1. The van der Waals surface area contributed by atoms with Gasteiger partial charge in [0.15, 0.2) is 0 Å². The smallest absolute Gasteiger partial charge is 0.250 e. The number of carbonyl (C=O) groups excluding carboxylic acids is 1. The average molecular weight is 211 g/mol. The molecule has 0 spiro atoms. The van der Waals surface area contributed by atoms with Gasteiger partial charge in [0, 0.05) is 13.0 Å². The van der Waals surface area contributed by atoms with Crippen LogP contribution in [0, 0.1) is 5.92 Å². The van der Waals surface area contributed by atoms with Gasteiger partial charge in [-0.25, -0.2) is 5.48 Å². The van der Waals surface area contributed by atoms with E-state index in [0.29, 0.717) is 6.61 Å². The minimum Gasteiger partial charge on any atom is -0.379 e. The molecule has 1 fully saturated rings. The largest absolute Gasteiger partial charge is 0.379 e. The Balaban J connectivity index is 1.71. The second kappa shape index (κ2) is 5.28. The van der Waals surface area contributed by atoms with E-state index in [1.54, 1.807) is 0 Å². The van der Waals surface area contributed by atoms with Crippen LogP contribution in [0.25, 0.3) is 0 Å². The fraction of sp³-hybridized carbons (Fsp3) is 0.727. The summed E-state index contributed by atoms with van der Waals surface area (Å²) in [6.45, 7) is 1.31. The van der Waals surface area contributed by atoms with E-state index in [-0.39, 0.29) is 17.9 Å². The van der Waals surface area contributed by atoms with Crippen molar-refractivity contribution in [3.05, 3.63) is 12.2 Å². The molecular weight excluding hydrogens is 194 g/mol. The molecule has 1 aliphatic carbocycles. The summed E-state index contributed by atoms with van der Waals surface area (Å²) in [4.78, 5) is 16.9. The Hall–Kier alpha value is -0.870. The molecule has 4 nitrogen and oxygen atoms in total. The fourth-order valence-electron chi connectivity index (χ4n) is 1.85. The molecule has 2 aliphatic rings. The number of hydrogen-bond acceptors (Lipinski definition) is 3. The van der Waals surface area contributed by atoms with Gasteiger partial charge in [0.05, 0.1) is 12.5 Å². The summed E-state index contributed by atoms with van der Waals surface area (Å²) in [6, 6.07) is 0. The van der Waals surface area contributed by atoms with Gasteiger partial charge in [-0.2, -0.15) is 0 Å². The van der Waals surface area contributed by atoms with E-state index in [1.165, 1.54) is 0 Å². The number of hydroxylamine groups is 1. The van der Waals surface area contributed by atoms with Crippen LogP contribution in [0.1, 0.15) is 25.7 Å². The lowest BCUT2D eigenvalue weighted by atomic mass is 9.95. The lowest BCUT2D eigenvalue weighted by Crippen LogP contribution is -2.34. The van der Waals surface area contributed by atoms with E-state index in [0.717, 1.165) is 32.3 Å². The Bertz CT molecular complexity index is 246. The molecule has 0 bridgehead atoms. The maximum atomic E-state index is 11.6. The average Bonchev–Trinajstić information content (AvgIpc) is 2.80. The van der Waals surface area contributed by atoms with Gasteiger partial charge in [-0.15, -0.1) is 0 Å². The molecule has 1 aliphatic heterocycles. The quantitative estimate of drug-likeness (QED) is 0.563. The molecule has 1 saturated heterocycles. The first kappa shape index (κ1) is 10.6. The van der Waals surface area contributed by atoms with Crippen molar-refractivity contribution in [2.24, 2.45) is 5.92 Å². The normalized spacial score (nSPS) is 30.4. The van der Waals surface area contributed by atoms with Crippen LogP contribution < -0.4 is 5.48 Å². The third-order valence-corrected chi connectivity index (χ3v) is 2.81. The topological polar surface area (TPSA) is 47.6 Å². The van der Waals surface area contributed by atoms with E-state index >= 15 is 0 Å². The molecule has 1 heterocycles. The summed E-state index contributed by atoms with van der Waals surface area (Å²) >= 11 is 0. The molecule has 2 atom stereocenters. The van der Waals surface area contributed by atoms with Crippen LogP contribution in [0.15, 0.2) is 12.2 Å². The van der Waals surface area contributed by atoms with Crippen molar-refractivity contribution >= 4 is 5.91 Å².